The highest BCUT2D eigenvalue weighted by atomic mass is 32.2. The average molecular weight is 254 g/mol. The minimum absolute atomic E-state index is 0.707. The lowest BCUT2D eigenvalue weighted by Crippen LogP contribution is -2.35. The lowest BCUT2D eigenvalue weighted by atomic mass is 10.1. The van der Waals surface area contributed by atoms with Crippen LogP contribution in [0, 0.1) is 13.8 Å². The van der Waals surface area contributed by atoms with E-state index in [4.69, 9.17) is 4.52 Å². The van der Waals surface area contributed by atoms with Crippen LogP contribution in [0.15, 0.2) is 4.52 Å². The van der Waals surface area contributed by atoms with Gasteiger partial charge in [-0.05, 0) is 40.0 Å². The van der Waals surface area contributed by atoms with Crippen LogP contribution in [0.2, 0.25) is 0 Å². The number of rotatable bonds is 4. The van der Waals surface area contributed by atoms with Gasteiger partial charge < -0.3 is 4.52 Å². The maximum atomic E-state index is 5.23. The predicted octanol–water partition coefficient (Wildman–Crippen LogP) is 3.01. The van der Waals surface area contributed by atoms with Gasteiger partial charge in [-0.2, -0.15) is 11.8 Å². The van der Waals surface area contributed by atoms with Crippen LogP contribution in [-0.2, 0) is 6.54 Å². The SMILES string of the molecule is CSC1CCCC1N(C)Cc1c(C)noc1C. The van der Waals surface area contributed by atoms with Crippen LogP contribution in [0.25, 0.3) is 0 Å². The molecule has 1 aromatic heterocycles. The molecule has 0 N–H and O–H groups in total. The van der Waals surface area contributed by atoms with Crippen LogP contribution in [0.5, 0.6) is 0 Å². The van der Waals surface area contributed by atoms with E-state index in [0.29, 0.717) is 6.04 Å². The zero-order chi connectivity index (χ0) is 12.4. The molecule has 0 aromatic carbocycles. The molecular weight excluding hydrogens is 232 g/mol. The van der Waals surface area contributed by atoms with Crippen molar-refractivity contribution in [1.29, 1.82) is 0 Å². The third kappa shape index (κ3) is 2.68. The molecule has 4 heteroatoms. The highest BCUT2D eigenvalue weighted by molar-refractivity contribution is 7.99. The van der Waals surface area contributed by atoms with Gasteiger partial charge in [-0.15, -0.1) is 0 Å². The number of aryl methyl sites for hydroxylation is 2. The fourth-order valence-electron chi connectivity index (χ4n) is 2.78. The fraction of sp³-hybridized carbons (Fsp3) is 0.769. The van der Waals surface area contributed by atoms with Gasteiger partial charge in [-0.1, -0.05) is 11.6 Å². The van der Waals surface area contributed by atoms with E-state index in [9.17, 15) is 0 Å². The maximum absolute atomic E-state index is 5.23. The Kier molecular flexibility index (Phi) is 4.15. The third-order valence-electron chi connectivity index (χ3n) is 3.88. The number of thioether (sulfide) groups is 1. The molecule has 0 spiro atoms. The molecule has 2 unspecified atom stereocenters. The highest BCUT2D eigenvalue weighted by Gasteiger charge is 2.30. The second-order valence-electron chi connectivity index (χ2n) is 4.99. The fourth-order valence-corrected chi connectivity index (χ4v) is 3.84. The van der Waals surface area contributed by atoms with Crippen LogP contribution in [-0.4, -0.2) is 34.7 Å². The molecule has 1 fully saturated rings. The number of aromatic nitrogens is 1. The van der Waals surface area contributed by atoms with Gasteiger partial charge in [-0.3, -0.25) is 4.90 Å². The molecule has 2 rings (SSSR count). The first-order valence-corrected chi connectivity index (χ1v) is 7.57. The number of hydrogen-bond acceptors (Lipinski definition) is 4. The lowest BCUT2D eigenvalue weighted by molar-refractivity contribution is 0.240. The topological polar surface area (TPSA) is 29.3 Å². The van der Waals surface area contributed by atoms with Crippen LogP contribution >= 0.6 is 11.8 Å². The van der Waals surface area contributed by atoms with Crippen LogP contribution in [0.4, 0.5) is 0 Å². The van der Waals surface area contributed by atoms with Crippen LogP contribution in [0.1, 0.15) is 36.3 Å². The van der Waals surface area contributed by atoms with Crippen molar-refractivity contribution < 1.29 is 4.52 Å². The van der Waals surface area contributed by atoms with Gasteiger partial charge >= 0.3 is 0 Å². The highest BCUT2D eigenvalue weighted by Crippen LogP contribution is 2.32. The van der Waals surface area contributed by atoms with Gasteiger partial charge in [0.05, 0.1) is 5.69 Å². The van der Waals surface area contributed by atoms with E-state index in [-0.39, 0.29) is 0 Å². The van der Waals surface area contributed by atoms with Crippen molar-refractivity contribution >= 4 is 11.8 Å². The molecule has 0 radical (unpaired) electrons. The summed E-state index contributed by atoms with van der Waals surface area (Å²) in [7, 11) is 2.23. The minimum atomic E-state index is 0.707. The molecule has 0 aliphatic heterocycles. The zero-order valence-corrected chi connectivity index (χ0v) is 12.0. The molecule has 1 aliphatic carbocycles. The Hall–Kier alpha value is -0.480. The van der Waals surface area contributed by atoms with Gasteiger partial charge in [0, 0.05) is 23.4 Å². The first-order chi connectivity index (χ1) is 8.13. The van der Waals surface area contributed by atoms with Crippen LogP contribution in [0.3, 0.4) is 0 Å². The molecule has 1 aliphatic rings. The van der Waals surface area contributed by atoms with Gasteiger partial charge in [0.15, 0.2) is 0 Å². The van der Waals surface area contributed by atoms with Crippen molar-refractivity contribution in [2.24, 2.45) is 0 Å². The summed E-state index contributed by atoms with van der Waals surface area (Å²) >= 11 is 2.01. The van der Waals surface area contributed by atoms with Gasteiger partial charge in [0.2, 0.25) is 0 Å². The molecular formula is C13H22N2OS. The summed E-state index contributed by atoms with van der Waals surface area (Å²) in [6.07, 6.45) is 6.28. The van der Waals surface area contributed by atoms with E-state index < -0.39 is 0 Å². The van der Waals surface area contributed by atoms with Crippen LogP contribution < -0.4 is 0 Å². The molecule has 2 atom stereocenters. The Morgan fingerprint density at radius 2 is 2.18 bits per heavy atom. The molecule has 3 nitrogen and oxygen atoms in total. The van der Waals surface area contributed by atoms with Crippen molar-refractivity contribution in [2.45, 2.75) is 50.9 Å². The van der Waals surface area contributed by atoms with Gasteiger partial charge in [-0.25, -0.2) is 0 Å². The summed E-state index contributed by atoms with van der Waals surface area (Å²) in [5, 5.41) is 4.82. The first-order valence-electron chi connectivity index (χ1n) is 6.28. The smallest absolute Gasteiger partial charge is 0.138 e. The normalized spacial score (nSPS) is 24.8. The quantitative estimate of drug-likeness (QED) is 0.826. The summed E-state index contributed by atoms with van der Waals surface area (Å²) in [6, 6.07) is 0.707. The van der Waals surface area contributed by atoms with Crippen molar-refractivity contribution in [2.75, 3.05) is 13.3 Å². The van der Waals surface area contributed by atoms with E-state index in [2.05, 4.69) is 23.4 Å². The molecule has 1 aromatic rings. The predicted molar refractivity (Wildman–Crippen MR) is 72.4 cm³/mol. The largest absolute Gasteiger partial charge is 0.361 e. The molecule has 1 saturated carbocycles. The Morgan fingerprint density at radius 1 is 1.41 bits per heavy atom. The summed E-state index contributed by atoms with van der Waals surface area (Å²) in [5.41, 5.74) is 2.30. The van der Waals surface area contributed by atoms with Gasteiger partial charge in [0.25, 0.3) is 0 Å². The van der Waals surface area contributed by atoms with Gasteiger partial charge in [0.1, 0.15) is 5.76 Å². The summed E-state index contributed by atoms with van der Waals surface area (Å²) in [5.74, 6) is 0.966. The summed E-state index contributed by atoms with van der Waals surface area (Å²) < 4.78 is 5.23. The van der Waals surface area contributed by atoms with E-state index in [1.807, 2.05) is 25.6 Å². The standard InChI is InChI=1S/C13H22N2OS/c1-9-11(10(2)16-14-9)8-15(3)12-6-5-7-13(12)17-4/h12-13H,5-8H2,1-4H3. The molecule has 0 bridgehead atoms. The second-order valence-corrected chi connectivity index (χ2v) is 6.07. The Labute approximate surface area is 108 Å². The van der Waals surface area contributed by atoms with E-state index in [0.717, 1.165) is 23.2 Å². The Balaban J connectivity index is 2.04. The first kappa shape index (κ1) is 13.0. The van der Waals surface area contributed by atoms with Crippen molar-refractivity contribution in [3.63, 3.8) is 0 Å². The Bertz CT molecular complexity index is 358. The van der Waals surface area contributed by atoms with E-state index in [1.165, 1.54) is 24.8 Å². The zero-order valence-electron chi connectivity index (χ0n) is 11.2. The van der Waals surface area contributed by atoms with Crippen molar-refractivity contribution in [3.8, 4) is 0 Å². The number of nitrogens with zero attached hydrogens (tertiary/aromatic N) is 2. The molecule has 96 valence electrons. The third-order valence-corrected chi connectivity index (χ3v) is 5.03. The van der Waals surface area contributed by atoms with E-state index in [1.54, 1.807) is 0 Å². The maximum Gasteiger partial charge on any atom is 0.138 e. The molecule has 0 saturated heterocycles. The van der Waals surface area contributed by atoms with Crippen molar-refractivity contribution in [1.82, 2.24) is 10.1 Å². The minimum Gasteiger partial charge on any atom is -0.361 e. The number of hydrogen-bond donors (Lipinski definition) is 0. The lowest BCUT2D eigenvalue weighted by Gasteiger charge is -2.28. The second kappa shape index (κ2) is 5.44. The summed E-state index contributed by atoms with van der Waals surface area (Å²) in [6.45, 7) is 4.99. The summed E-state index contributed by atoms with van der Waals surface area (Å²) in [4.78, 5) is 2.47. The van der Waals surface area contributed by atoms with E-state index >= 15 is 0 Å². The molecule has 0 amide bonds. The monoisotopic (exact) mass is 254 g/mol. The molecule has 1 heterocycles. The van der Waals surface area contributed by atoms with Crippen molar-refractivity contribution in [3.05, 3.63) is 17.0 Å². The molecule has 17 heavy (non-hydrogen) atoms. The average Bonchev–Trinajstić information content (AvgIpc) is 2.90. The Morgan fingerprint density at radius 3 is 2.76 bits per heavy atom.